The molecule has 16 heavy (non-hydrogen) atoms. The minimum atomic E-state index is -1.31. The second kappa shape index (κ2) is 3.66. The molecule has 0 radical (unpaired) electrons. The average Bonchev–Trinajstić information content (AvgIpc) is 2.87. The Hall–Kier alpha value is -1.78. The summed E-state index contributed by atoms with van der Waals surface area (Å²) >= 11 is 0. The number of anilines is 2. The van der Waals surface area contributed by atoms with Crippen molar-refractivity contribution in [1.29, 1.82) is 0 Å². The fourth-order valence-corrected chi connectivity index (χ4v) is 1.60. The van der Waals surface area contributed by atoms with Crippen molar-refractivity contribution in [3.8, 4) is 0 Å². The number of hydrogen-bond donors (Lipinski definition) is 3. The smallest absolute Gasteiger partial charge is 0.338 e. The molecule has 1 saturated carbocycles. The molecule has 0 amide bonds. The van der Waals surface area contributed by atoms with E-state index in [2.05, 4.69) is 12.2 Å². The molecule has 5 heteroatoms. The lowest BCUT2D eigenvalue weighted by atomic mass is 10.1. The first-order chi connectivity index (χ1) is 7.49. The highest BCUT2D eigenvalue weighted by Crippen LogP contribution is 2.35. The Labute approximate surface area is 92.3 Å². The van der Waals surface area contributed by atoms with Crippen LogP contribution in [0.2, 0.25) is 0 Å². The van der Waals surface area contributed by atoms with Crippen LogP contribution in [-0.2, 0) is 0 Å². The van der Waals surface area contributed by atoms with E-state index in [1.165, 1.54) is 0 Å². The number of carbonyl (C=O) groups is 1. The Bertz CT molecular complexity index is 448. The molecule has 1 fully saturated rings. The topological polar surface area (TPSA) is 75.3 Å². The van der Waals surface area contributed by atoms with E-state index < -0.39 is 17.3 Å². The van der Waals surface area contributed by atoms with Gasteiger partial charge in [0.25, 0.3) is 0 Å². The third-order valence-corrected chi connectivity index (χ3v) is 2.82. The lowest BCUT2D eigenvalue weighted by Gasteiger charge is -2.10. The maximum atomic E-state index is 13.4. The van der Waals surface area contributed by atoms with E-state index in [1.807, 2.05) is 0 Å². The predicted octanol–water partition coefficient (Wildman–Crippen LogP) is 1.93. The highest BCUT2D eigenvalue weighted by molar-refractivity contribution is 5.90. The van der Waals surface area contributed by atoms with E-state index in [0.29, 0.717) is 17.6 Å². The summed E-state index contributed by atoms with van der Waals surface area (Å²) in [5, 5.41) is 11.8. The average molecular weight is 224 g/mol. The van der Waals surface area contributed by atoms with Gasteiger partial charge in [0.1, 0.15) is 5.82 Å². The van der Waals surface area contributed by atoms with Gasteiger partial charge in [-0.15, -0.1) is 0 Å². The van der Waals surface area contributed by atoms with Crippen LogP contribution in [0.5, 0.6) is 0 Å². The monoisotopic (exact) mass is 224 g/mol. The van der Waals surface area contributed by atoms with Crippen molar-refractivity contribution in [1.82, 2.24) is 0 Å². The van der Waals surface area contributed by atoms with Crippen LogP contribution in [0.4, 0.5) is 15.8 Å². The molecule has 2 unspecified atom stereocenters. The highest BCUT2D eigenvalue weighted by atomic mass is 19.1. The van der Waals surface area contributed by atoms with Crippen molar-refractivity contribution in [2.45, 2.75) is 19.4 Å². The molecule has 2 atom stereocenters. The first-order valence-corrected chi connectivity index (χ1v) is 5.08. The SMILES string of the molecule is CC1CC1Nc1cc(F)c(C(=O)O)cc1N. The number of rotatable bonds is 3. The first kappa shape index (κ1) is 10.7. The van der Waals surface area contributed by atoms with Crippen LogP contribution >= 0.6 is 0 Å². The molecule has 4 N–H and O–H groups in total. The zero-order valence-electron chi connectivity index (χ0n) is 8.83. The molecule has 1 aliphatic rings. The maximum absolute atomic E-state index is 13.4. The third-order valence-electron chi connectivity index (χ3n) is 2.82. The van der Waals surface area contributed by atoms with Crippen LogP contribution in [0.3, 0.4) is 0 Å². The van der Waals surface area contributed by atoms with Crippen molar-refractivity contribution in [2.75, 3.05) is 11.1 Å². The standard InChI is InChI=1S/C11H13FN2O2/c1-5-2-9(5)14-10-4-7(12)6(11(15)16)3-8(10)13/h3-5,9,14H,2,13H2,1H3,(H,15,16). The van der Waals surface area contributed by atoms with E-state index >= 15 is 0 Å². The summed E-state index contributed by atoms with van der Waals surface area (Å²) in [6.07, 6.45) is 1.03. The number of benzene rings is 1. The van der Waals surface area contributed by atoms with Gasteiger partial charge in [-0.1, -0.05) is 6.92 Å². The van der Waals surface area contributed by atoms with Gasteiger partial charge < -0.3 is 16.2 Å². The van der Waals surface area contributed by atoms with Crippen molar-refractivity contribution >= 4 is 17.3 Å². The molecule has 0 bridgehead atoms. The summed E-state index contributed by atoms with van der Waals surface area (Å²) in [5.41, 5.74) is 5.99. The molecule has 0 saturated heterocycles. The summed E-state index contributed by atoms with van der Waals surface area (Å²) in [4.78, 5) is 10.7. The van der Waals surface area contributed by atoms with Crippen molar-refractivity contribution < 1.29 is 14.3 Å². The minimum Gasteiger partial charge on any atom is -0.478 e. The van der Waals surface area contributed by atoms with Gasteiger partial charge in [0.15, 0.2) is 0 Å². The van der Waals surface area contributed by atoms with Gasteiger partial charge in [-0.25, -0.2) is 9.18 Å². The summed E-state index contributed by atoms with van der Waals surface area (Å²) in [5.74, 6) is -1.52. The molecule has 2 rings (SSSR count). The Morgan fingerprint density at radius 2 is 2.25 bits per heavy atom. The van der Waals surface area contributed by atoms with Crippen LogP contribution in [0.15, 0.2) is 12.1 Å². The third kappa shape index (κ3) is 1.93. The van der Waals surface area contributed by atoms with Gasteiger partial charge in [0, 0.05) is 6.04 Å². The second-order valence-electron chi connectivity index (χ2n) is 4.19. The van der Waals surface area contributed by atoms with Crippen LogP contribution in [-0.4, -0.2) is 17.1 Å². The Balaban J connectivity index is 2.26. The minimum absolute atomic E-state index is 0.262. The van der Waals surface area contributed by atoms with Gasteiger partial charge in [-0.2, -0.15) is 0 Å². The van der Waals surface area contributed by atoms with E-state index in [1.54, 1.807) is 0 Å². The fraction of sp³-hybridized carbons (Fsp3) is 0.364. The van der Waals surface area contributed by atoms with Gasteiger partial charge in [-0.05, 0) is 24.5 Å². The molecule has 0 aromatic heterocycles. The molecule has 1 aromatic rings. The number of nitrogens with two attached hydrogens (primary N) is 1. The zero-order valence-corrected chi connectivity index (χ0v) is 8.83. The van der Waals surface area contributed by atoms with Crippen molar-refractivity contribution in [3.63, 3.8) is 0 Å². The first-order valence-electron chi connectivity index (χ1n) is 5.08. The van der Waals surface area contributed by atoms with E-state index in [-0.39, 0.29) is 5.69 Å². The molecule has 1 aliphatic carbocycles. The zero-order chi connectivity index (χ0) is 11.9. The predicted molar refractivity (Wildman–Crippen MR) is 59.0 cm³/mol. The number of carboxylic acids is 1. The molecule has 1 aromatic carbocycles. The lowest BCUT2D eigenvalue weighted by molar-refractivity contribution is 0.0692. The molecule has 0 heterocycles. The quantitative estimate of drug-likeness (QED) is 0.686. The fourth-order valence-electron chi connectivity index (χ4n) is 1.60. The summed E-state index contributed by atoms with van der Waals surface area (Å²) < 4.78 is 13.4. The lowest BCUT2D eigenvalue weighted by Crippen LogP contribution is -2.09. The van der Waals surface area contributed by atoms with E-state index in [9.17, 15) is 9.18 Å². The highest BCUT2D eigenvalue weighted by Gasteiger charge is 2.32. The number of nitrogens with one attached hydrogen (secondary N) is 1. The van der Waals surface area contributed by atoms with Crippen LogP contribution in [0, 0.1) is 11.7 Å². The normalized spacial score (nSPS) is 22.9. The Morgan fingerprint density at radius 1 is 1.62 bits per heavy atom. The summed E-state index contributed by atoms with van der Waals surface area (Å²) in [6.45, 7) is 2.08. The number of carboxylic acid groups (broad SMARTS) is 1. The molecule has 86 valence electrons. The maximum Gasteiger partial charge on any atom is 0.338 e. The number of nitrogen functional groups attached to an aromatic ring is 1. The van der Waals surface area contributed by atoms with Crippen LogP contribution < -0.4 is 11.1 Å². The van der Waals surface area contributed by atoms with Crippen LogP contribution in [0.25, 0.3) is 0 Å². The largest absolute Gasteiger partial charge is 0.478 e. The molecular weight excluding hydrogens is 211 g/mol. The number of halogens is 1. The van der Waals surface area contributed by atoms with Crippen LogP contribution in [0.1, 0.15) is 23.7 Å². The number of aromatic carboxylic acids is 1. The van der Waals surface area contributed by atoms with Gasteiger partial charge >= 0.3 is 5.97 Å². The van der Waals surface area contributed by atoms with Crippen molar-refractivity contribution in [2.24, 2.45) is 5.92 Å². The van der Waals surface area contributed by atoms with Gasteiger partial charge in [0.05, 0.1) is 16.9 Å². The summed E-state index contributed by atoms with van der Waals surface area (Å²) in [7, 11) is 0. The van der Waals surface area contributed by atoms with Gasteiger partial charge in [0.2, 0.25) is 0 Å². The molecular formula is C11H13FN2O2. The molecule has 0 aliphatic heterocycles. The van der Waals surface area contributed by atoms with Gasteiger partial charge in [-0.3, -0.25) is 0 Å². The summed E-state index contributed by atoms with van der Waals surface area (Å²) in [6, 6.07) is 2.61. The second-order valence-corrected chi connectivity index (χ2v) is 4.19. The van der Waals surface area contributed by atoms with E-state index in [4.69, 9.17) is 10.8 Å². The molecule has 4 nitrogen and oxygen atoms in total. The Kier molecular flexibility index (Phi) is 2.46. The molecule has 0 spiro atoms. The Morgan fingerprint density at radius 3 is 2.75 bits per heavy atom. The number of hydrogen-bond acceptors (Lipinski definition) is 3. The van der Waals surface area contributed by atoms with Crippen molar-refractivity contribution in [3.05, 3.63) is 23.5 Å². The van der Waals surface area contributed by atoms with E-state index in [0.717, 1.165) is 18.6 Å².